The van der Waals surface area contributed by atoms with E-state index in [4.69, 9.17) is 0 Å². The highest BCUT2D eigenvalue weighted by atomic mass is 16.1. The van der Waals surface area contributed by atoms with E-state index < -0.39 is 0 Å². The molecule has 2 aromatic carbocycles. The third-order valence-corrected chi connectivity index (χ3v) is 3.72. The Morgan fingerprint density at radius 2 is 1.61 bits per heavy atom. The van der Waals surface area contributed by atoms with Crippen molar-refractivity contribution in [3.8, 4) is 11.3 Å². The van der Waals surface area contributed by atoms with Crippen molar-refractivity contribution >= 4 is 17.7 Å². The van der Waals surface area contributed by atoms with Crippen LogP contribution in [0.3, 0.4) is 0 Å². The Morgan fingerprint density at radius 3 is 2.22 bits per heavy atom. The van der Waals surface area contributed by atoms with Crippen molar-refractivity contribution < 1.29 is 4.79 Å². The number of rotatable bonds is 4. The molecule has 0 aliphatic heterocycles. The molecule has 3 heteroatoms. The topological polar surface area (TPSA) is 45.2 Å². The van der Waals surface area contributed by atoms with Crippen LogP contribution in [0.4, 0.5) is 5.69 Å². The number of H-pyrrole nitrogens is 1. The van der Waals surface area contributed by atoms with Gasteiger partial charge in [-0.25, -0.2) is 0 Å². The Morgan fingerprint density at radius 1 is 1.00 bits per heavy atom. The smallest absolute Gasteiger partial charge is 0.163 e. The molecule has 0 atom stereocenters. The number of aromatic nitrogens is 1. The summed E-state index contributed by atoms with van der Waals surface area (Å²) in [5.74, 6) is 0.0149. The van der Waals surface area contributed by atoms with Crippen LogP contribution in [0.2, 0.25) is 0 Å². The fraction of sp³-hybridized carbons (Fsp3) is 0.100. The second kappa shape index (κ2) is 6.44. The number of carbonyl (C=O) groups is 1. The van der Waals surface area contributed by atoms with Gasteiger partial charge in [-0.2, -0.15) is 0 Å². The average Bonchev–Trinajstić information content (AvgIpc) is 2.91. The van der Waals surface area contributed by atoms with Crippen molar-refractivity contribution in [2.45, 2.75) is 13.8 Å². The summed E-state index contributed by atoms with van der Waals surface area (Å²) in [6, 6.07) is 19.8. The fourth-order valence-electron chi connectivity index (χ4n) is 2.66. The highest BCUT2D eigenvalue weighted by molar-refractivity contribution is 6.04. The quantitative estimate of drug-likeness (QED) is 0.538. The van der Waals surface area contributed by atoms with Crippen molar-refractivity contribution in [2.75, 3.05) is 0 Å². The minimum atomic E-state index is 0.0149. The van der Waals surface area contributed by atoms with Crippen LogP contribution in [0.15, 0.2) is 65.7 Å². The minimum absolute atomic E-state index is 0.0149. The van der Waals surface area contributed by atoms with Crippen LogP contribution in [0.25, 0.3) is 11.3 Å². The van der Waals surface area contributed by atoms with Gasteiger partial charge in [0.15, 0.2) is 5.78 Å². The molecule has 0 saturated carbocycles. The molecule has 0 unspecified atom stereocenters. The molecule has 3 aromatic rings. The van der Waals surface area contributed by atoms with Crippen molar-refractivity contribution in [2.24, 2.45) is 4.99 Å². The first-order valence-electron chi connectivity index (χ1n) is 7.55. The summed E-state index contributed by atoms with van der Waals surface area (Å²) in [5, 5.41) is 0. The number of hydrogen-bond acceptors (Lipinski definition) is 2. The summed E-state index contributed by atoms with van der Waals surface area (Å²) in [7, 11) is 0. The van der Waals surface area contributed by atoms with E-state index in [1.807, 2.05) is 67.6 Å². The first-order chi connectivity index (χ1) is 11.2. The molecule has 1 heterocycles. The Kier molecular flexibility index (Phi) is 4.20. The third kappa shape index (κ3) is 3.14. The number of aryl methyl sites for hydroxylation is 1. The third-order valence-electron chi connectivity index (χ3n) is 3.72. The highest BCUT2D eigenvalue weighted by Gasteiger charge is 2.18. The summed E-state index contributed by atoms with van der Waals surface area (Å²) in [4.78, 5) is 20.0. The SMILES string of the molecule is CC(=O)c1c(C)[nH]c(-c2ccccc2)c1N=Cc1ccccc1. The summed E-state index contributed by atoms with van der Waals surface area (Å²) >= 11 is 0. The molecule has 0 fully saturated rings. The summed E-state index contributed by atoms with van der Waals surface area (Å²) in [6.45, 7) is 3.48. The number of benzene rings is 2. The largest absolute Gasteiger partial charge is 0.356 e. The highest BCUT2D eigenvalue weighted by Crippen LogP contribution is 2.35. The lowest BCUT2D eigenvalue weighted by Crippen LogP contribution is -1.93. The molecule has 0 saturated heterocycles. The lowest BCUT2D eigenvalue weighted by Gasteiger charge is -2.02. The molecule has 3 rings (SSSR count). The molecule has 1 N–H and O–H groups in total. The molecule has 1 aromatic heterocycles. The molecule has 0 bridgehead atoms. The zero-order chi connectivity index (χ0) is 16.2. The summed E-state index contributed by atoms with van der Waals surface area (Å²) < 4.78 is 0. The van der Waals surface area contributed by atoms with Crippen LogP contribution in [0.1, 0.15) is 28.5 Å². The van der Waals surface area contributed by atoms with Crippen LogP contribution in [0.5, 0.6) is 0 Å². The maximum absolute atomic E-state index is 12.0. The summed E-state index contributed by atoms with van der Waals surface area (Å²) in [5.41, 5.74) is 5.08. The molecule has 3 nitrogen and oxygen atoms in total. The van der Waals surface area contributed by atoms with E-state index in [0.29, 0.717) is 11.3 Å². The number of aliphatic imine (C=N–C) groups is 1. The van der Waals surface area contributed by atoms with Crippen LogP contribution in [0, 0.1) is 6.92 Å². The normalized spacial score (nSPS) is 11.0. The Bertz CT molecular complexity index is 846. The number of carbonyl (C=O) groups excluding carboxylic acids is 1. The number of Topliss-reactive ketones (excluding diaryl/α,β-unsaturated/α-hetero) is 1. The average molecular weight is 302 g/mol. The number of aromatic amines is 1. The number of ketones is 1. The van der Waals surface area contributed by atoms with Crippen molar-refractivity contribution in [3.05, 3.63) is 77.5 Å². The number of hydrogen-bond donors (Lipinski definition) is 1. The van der Waals surface area contributed by atoms with E-state index in [1.165, 1.54) is 0 Å². The van der Waals surface area contributed by atoms with Gasteiger partial charge in [-0.05, 0) is 19.4 Å². The Labute approximate surface area is 135 Å². The Hall–Kier alpha value is -2.94. The second-order valence-electron chi connectivity index (χ2n) is 5.44. The molecule has 0 aliphatic rings. The predicted molar refractivity (Wildman–Crippen MR) is 94.7 cm³/mol. The number of nitrogens with zero attached hydrogens (tertiary/aromatic N) is 1. The minimum Gasteiger partial charge on any atom is -0.356 e. The maximum Gasteiger partial charge on any atom is 0.163 e. The van der Waals surface area contributed by atoms with Gasteiger partial charge in [0.05, 0.1) is 16.9 Å². The van der Waals surface area contributed by atoms with Gasteiger partial charge in [0, 0.05) is 17.5 Å². The standard InChI is InChI=1S/C20H18N2O/c1-14-18(15(2)23)20(21-13-16-9-5-3-6-10-16)19(22-14)17-11-7-4-8-12-17/h3-13,22H,1-2H3. The molecule has 0 spiro atoms. The first kappa shape index (κ1) is 15.0. The molecule has 114 valence electrons. The Balaban J connectivity index is 2.13. The van der Waals surface area contributed by atoms with E-state index in [-0.39, 0.29) is 5.78 Å². The zero-order valence-electron chi connectivity index (χ0n) is 13.2. The van der Waals surface area contributed by atoms with Gasteiger partial charge in [-0.1, -0.05) is 60.7 Å². The maximum atomic E-state index is 12.0. The van der Waals surface area contributed by atoms with Gasteiger partial charge in [0.2, 0.25) is 0 Å². The summed E-state index contributed by atoms with van der Waals surface area (Å²) in [6.07, 6.45) is 1.79. The van der Waals surface area contributed by atoms with Crippen LogP contribution in [-0.4, -0.2) is 17.0 Å². The molecule has 0 radical (unpaired) electrons. The molecular formula is C20H18N2O. The van der Waals surface area contributed by atoms with Crippen molar-refractivity contribution in [1.82, 2.24) is 4.98 Å². The van der Waals surface area contributed by atoms with Gasteiger partial charge >= 0.3 is 0 Å². The van der Waals surface area contributed by atoms with Crippen LogP contribution in [-0.2, 0) is 0 Å². The second-order valence-corrected chi connectivity index (χ2v) is 5.44. The van der Waals surface area contributed by atoms with Gasteiger partial charge in [-0.15, -0.1) is 0 Å². The predicted octanol–water partition coefficient (Wildman–Crippen LogP) is 4.94. The first-order valence-corrected chi connectivity index (χ1v) is 7.55. The van der Waals surface area contributed by atoms with Gasteiger partial charge in [0.1, 0.15) is 0 Å². The molecule has 0 amide bonds. The van der Waals surface area contributed by atoms with Gasteiger partial charge in [-0.3, -0.25) is 9.79 Å². The fourth-order valence-corrected chi connectivity index (χ4v) is 2.66. The van der Waals surface area contributed by atoms with E-state index >= 15 is 0 Å². The van der Waals surface area contributed by atoms with Crippen LogP contribution < -0.4 is 0 Å². The van der Waals surface area contributed by atoms with Gasteiger partial charge < -0.3 is 4.98 Å². The lowest BCUT2D eigenvalue weighted by molar-refractivity contribution is 0.101. The van der Waals surface area contributed by atoms with E-state index in [2.05, 4.69) is 9.98 Å². The van der Waals surface area contributed by atoms with Crippen LogP contribution >= 0.6 is 0 Å². The zero-order valence-corrected chi connectivity index (χ0v) is 13.2. The monoisotopic (exact) mass is 302 g/mol. The lowest BCUT2D eigenvalue weighted by atomic mass is 10.1. The molecule has 23 heavy (non-hydrogen) atoms. The van der Waals surface area contributed by atoms with Crippen molar-refractivity contribution in [3.63, 3.8) is 0 Å². The number of nitrogens with one attached hydrogen (secondary N) is 1. The van der Waals surface area contributed by atoms with E-state index in [0.717, 1.165) is 22.5 Å². The van der Waals surface area contributed by atoms with E-state index in [9.17, 15) is 4.79 Å². The molecule has 0 aliphatic carbocycles. The van der Waals surface area contributed by atoms with Gasteiger partial charge in [0.25, 0.3) is 0 Å². The van der Waals surface area contributed by atoms with Crippen molar-refractivity contribution in [1.29, 1.82) is 0 Å². The molecular weight excluding hydrogens is 284 g/mol. The van der Waals surface area contributed by atoms with E-state index in [1.54, 1.807) is 13.1 Å².